The van der Waals surface area contributed by atoms with E-state index in [9.17, 15) is 0 Å². The number of anilines is 1. The van der Waals surface area contributed by atoms with Gasteiger partial charge in [0.15, 0.2) is 0 Å². The van der Waals surface area contributed by atoms with E-state index in [2.05, 4.69) is 47.3 Å². The van der Waals surface area contributed by atoms with Gasteiger partial charge < -0.3 is 5.32 Å². The first-order valence-corrected chi connectivity index (χ1v) is 7.24. The van der Waals surface area contributed by atoms with Crippen LogP contribution in [0.3, 0.4) is 0 Å². The van der Waals surface area contributed by atoms with E-state index >= 15 is 0 Å². The summed E-state index contributed by atoms with van der Waals surface area (Å²) in [6.45, 7) is 9.16. The molecule has 1 heterocycles. The second-order valence-electron chi connectivity index (χ2n) is 4.58. The van der Waals surface area contributed by atoms with E-state index < -0.39 is 0 Å². The molecule has 2 rings (SSSR count). The summed E-state index contributed by atoms with van der Waals surface area (Å²) in [6, 6.07) is 6.49. The van der Waals surface area contributed by atoms with Crippen LogP contribution in [0.1, 0.15) is 23.6 Å². The van der Waals surface area contributed by atoms with Gasteiger partial charge >= 0.3 is 0 Å². The third kappa shape index (κ3) is 3.47. The highest BCUT2D eigenvalue weighted by molar-refractivity contribution is 7.99. The van der Waals surface area contributed by atoms with E-state index in [-0.39, 0.29) is 0 Å². The Morgan fingerprint density at radius 1 is 1.16 bits per heavy atom. The van der Waals surface area contributed by atoms with Crippen LogP contribution in [-0.4, -0.2) is 16.5 Å². The summed E-state index contributed by atoms with van der Waals surface area (Å²) < 4.78 is 0. The largest absolute Gasteiger partial charge is 0.354 e. The molecule has 0 amide bonds. The second kappa shape index (κ2) is 6.06. The van der Waals surface area contributed by atoms with Gasteiger partial charge in [-0.1, -0.05) is 29.5 Å². The summed E-state index contributed by atoms with van der Waals surface area (Å²) >= 11 is 1.70. The Balaban J connectivity index is 2.29. The molecule has 0 aliphatic rings. The first-order chi connectivity index (χ1) is 9.10. The van der Waals surface area contributed by atoms with E-state index in [1.54, 1.807) is 11.8 Å². The molecule has 0 fully saturated rings. The third-order valence-corrected chi connectivity index (χ3v) is 4.08. The summed E-state index contributed by atoms with van der Waals surface area (Å²) in [4.78, 5) is 10.1. The van der Waals surface area contributed by atoms with Crippen molar-refractivity contribution in [3.8, 4) is 0 Å². The number of hydrogen-bond acceptors (Lipinski definition) is 4. The number of rotatable bonds is 4. The molecular formula is C15H19N3S. The zero-order chi connectivity index (χ0) is 13.8. The van der Waals surface area contributed by atoms with Crippen molar-refractivity contribution < 1.29 is 0 Å². The van der Waals surface area contributed by atoms with Crippen LogP contribution < -0.4 is 5.32 Å². The Hall–Kier alpha value is -1.55. The van der Waals surface area contributed by atoms with E-state index in [0.29, 0.717) is 5.95 Å². The summed E-state index contributed by atoms with van der Waals surface area (Å²) in [7, 11) is 0. The van der Waals surface area contributed by atoms with Gasteiger partial charge in [-0.2, -0.15) is 0 Å². The van der Waals surface area contributed by atoms with E-state index in [4.69, 9.17) is 0 Å². The van der Waals surface area contributed by atoms with Crippen molar-refractivity contribution in [1.29, 1.82) is 0 Å². The lowest BCUT2D eigenvalue weighted by molar-refractivity contribution is 0.982. The van der Waals surface area contributed by atoms with Gasteiger partial charge in [-0.05, 0) is 39.3 Å². The maximum absolute atomic E-state index is 4.56. The summed E-state index contributed by atoms with van der Waals surface area (Å²) in [6.07, 6.45) is 1.87. The molecule has 2 aromatic rings. The van der Waals surface area contributed by atoms with Crippen LogP contribution in [0.2, 0.25) is 0 Å². The number of benzene rings is 1. The van der Waals surface area contributed by atoms with Crippen molar-refractivity contribution >= 4 is 17.7 Å². The highest BCUT2D eigenvalue weighted by atomic mass is 32.2. The highest BCUT2D eigenvalue weighted by Crippen LogP contribution is 2.31. The Morgan fingerprint density at radius 3 is 2.63 bits per heavy atom. The molecule has 0 bridgehead atoms. The molecule has 0 spiro atoms. The molecule has 0 aliphatic carbocycles. The molecule has 0 atom stereocenters. The minimum absolute atomic E-state index is 0.695. The zero-order valence-corrected chi connectivity index (χ0v) is 12.6. The lowest BCUT2D eigenvalue weighted by Gasteiger charge is -2.09. The molecule has 4 heteroatoms. The van der Waals surface area contributed by atoms with Gasteiger partial charge in [-0.15, -0.1) is 0 Å². The molecule has 100 valence electrons. The standard InChI is InChI=1S/C15H19N3S/c1-5-16-15-17-9-12(4)14(18-15)19-13-7-6-10(2)8-11(13)3/h6-9H,5H2,1-4H3,(H,16,17,18). The van der Waals surface area contributed by atoms with Gasteiger partial charge in [0.2, 0.25) is 5.95 Å². The molecule has 0 radical (unpaired) electrons. The highest BCUT2D eigenvalue weighted by Gasteiger charge is 2.07. The third-order valence-electron chi connectivity index (χ3n) is 2.80. The summed E-state index contributed by atoms with van der Waals surface area (Å²) in [5.41, 5.74) is 3.68. The van der Waals surface area contributed by atoms with Crippen LogP contribution in [0.25, 0.3) is 0 Å². The predicted octanol–water partition coefficient (Wildman–Crippen LogP) is 3.98. The number of nitrogens with zero attached hydrogens (tertiary/aromatic N) is 2. The summed E-state index contributed by atoms with van der Waals surface area (Å²) in [5, 5.41) is 4.16. The van der Waals surface area contributed by atoms with Crippen molar-refractivity contribution in [1.82, 2.24) is 9.97 Å². The minimum atomic E-state index is 0.695. The maximum Gasteiger partial charge on any atom is 0.223 e. The first-order valence-electron chi connectivity index (χ1n) is 6.42. The Bertz CT molecular complexity index is 582. The van der Waals surface area contributed by atoms with Crippen LogP contribution in [-0.2, 0) is 0 Å². The number of aryl methyl sites for hydroxylation is 3. The zero-order valence-electron chi connectivity index (χ0n) is 11.8. The van der Waals surface area contributed by atoms with Gasteiger partial charge in [0, 0.05) is 23.2 Å². The van der Waals surface area contributed by atoms with Crippen LogP contribution in [0, 0.1) is 20.8 Å². The topological polar surface area (TPSA) is 37.8 Å². The van der Waals surface area contributed by atoms with Crippen molar-refractivity contribution in [2.75, 3.05) is 11.9 Å². The molecule has 0 aliphatic heterocycles. The fourth-order valence-corrected chi connectivity index (χ4v) is 2.70. The van der Waals surface area contributed by atoms with Gasteiger partial charge in [-0.25, -0.2) is 9.97 Å². The Kier molecular flexibility index (Phi) is 4.43. The van der Waals surface area contributed by atoms with Gasteiger partial charge in [0.25, 0.3) is 0 Å². The Morgan fingerprint density at radius 2 is 1.95 bits per heavy atom. The minimum Gasteiger partial charge on any atom is -0.354 e. The maximum atomic E-state index is 4.56. The van der Waals surface area contributed by atoms with Gasteiger partial charge in [0.05, 0.1) is 0 Å². The van der Waals surface area contributed by atoms with Crippen LogP contribution >= 0.6 is 11.8 Å². The second-order valence-corrected chi connectivity index (χ2v) is 5.61. The van der Waals surface area contributed by atoms with E-state index in [1.165, 1.54) is 16.0 Å². The lowest BCUT2D eigenvalue weighted by atomic mass is 10.2. The quantitative estimate of drug-likeness (QED) is 0.855. The fourth-order valence-electron chi connectivity index (χ4n) is 1.79. The van der Waals surface area contributed by atoms with E-state index in [0.717, 1.165) is 17.1 Å². The van der Waals surface area contributed by atoms with Crippen molar-refractivity contribution in [2.45, 2.75) is 37.6 Å². The molecule has 1 aromatic heterocycles. The summed E-state index contributed by atoms with van der Waals surface area (Å²) in [5.74, 6) is 0.695. The average Bonchev–Trinajstić information content (AvgIpc) is 2.37. The smallest absolute Gasteiger partial charge is 0.223 e. The predicted molar refractivity (Wildman–Crippen MR) is 81.0 cm³/mol. The molecular weight excluding hydrogens is 254 g/mol. The van der Waals surface area contributed by atoms with Gasteiger partial charge in [0.1, 0.15) is 5.03 Å². The van der Waals surface area contributed by atoms with E-state index in [1.807, 2.05) is 20.0 Å². The SMILES string of the molecule is CCNc1ncc(C)c(Sc2ccc(C)cc2C)n1. The molecule has 3 nitrogen and oxygen atoms in total. The molecule has 0 saturated carbocycles. The van der Waals surface area contributed by atoms with Crippen LogP contribution in [0.4, 0.5) is 5.95 Å². The van der Waals surface area contributed by atoms with Crippen LogP contribution in [0.5, 0.6) is 0 Å². The van der Waals surface area contributed by atoms with Crippen molar-refractivity contribution in [3.05, 3.63) is 41.1 Å². The Labute approximate surface area is 118 Å². The first kappa shape index (κ1) is 13.9. The molecule has 0 unspecified atom stereocenters. The van der Waals surface area contributed by atoms with Crippen molar-refractivity contribution in [2.24, 2.45) is 0 Å². The van der Waals surface area contributed by atoms with Gasteiger partial charge in [-0.3, -0.25) is 0 Å². The fraction of sp³-hybridized carbons (Fsp3) is 0.333. The molecule has 1 aromatic carbocycles. The molecule has 19 heavy (non-hydrogen) atoms. The average molecular weight is 273 g/mol. The monoisotopic (exact) mass is 273 g/mol. The molecule has 1 N–H and O–H groups in total. The normalized spacial score (nSPS) is 10.5. The van der Waals surface area contributed by atoms with Crippen molar-refractivity contribution in [3.63, 3.8) is 0 Å². The number of aromatic nitrogens is 2. The van der Waals surface area contributed by atoms with Crippen LogP contribution in [0.15, 0.2) is 34.3 Å². The lowest BCUT2D eigenvalue weighted by Crippen LogP contribution is -2.03. The number of hydrogen-bond donors (Lipinski definition) is 1. The molecule has 0 saturated heterocycles. The number of nitrogens with one attached hydrogen (secondary N) is 1.